The van der Waals surface area contributed by atoms with Crippen molar-refractivity contribution in [3.8, 4) is 0 Å². The lowest BCUT2D eigenvalue weighted by atomic mass is 9.90. The van der Waals surface area contributed by atoms with Crippen molar-refractivity contribution in [2.75, 3.05) is 11.9 Å². The zero-order valence-electron chi connectivity index (χ0n) is 18.0. The third kappa shape index (κ3) is 3.42. The summed E-state index contributed by atoms with van der Waals surface area (Å²) in [7, 11) is 0. The van der Waals surface area contributed by atoms with Gasteiger partial charge in [0.1, 0.15) is 12.1 Å². The zero-order valence-corrected chi connectivity index (χ0v) is 18.0. The van der Waals surface area contributed by atoms with Crippen LogP contribution in [0.15, 0.2) is 60.7 Å². The lowest BCUT2D eigenvalue weighted by molar-refractivity contribution is -0.133. The van der Waals surface area contributed by atoms with Crippen LogP contribution in [0.25, 0.3) is 10.8 Å². The van der Waals surface area contributed by atoms with Crippen molar-refractivity contribution in [1.82, 2.24) is 10.2 Å². The van der Waals surface area contributed by atoms with Crippen molar-refractivity contribution >= 4 is 34.3 Å². The third-order valence-electron chi connectivity index (χ3n) is 6.57. The summed E-state index contributed by atoms with van der Waals surface area (Å²) in [6, 6.07) is 18.9. The number of urea groups is 1. The first kappa shape index (κ1) is 20.2. The van der Waals surface area contributed by atoms with Crippen LogP contribution in [0.1, 0.15) is 36.5 Å². The van der Waals surface area contributed by atoms with Gasteiger partial charge in [0.25, 0.3) is 5.91 Å². The number of carbonyl (C=O) groups excluding carboxylic acids is 3. The van der Waals surface area contributed by atoms with Gasteiger partial charge in [-0.3, -0.25) is 14.5 Å². The predicted octanol–water partition coefficient (Wildman–Crippen LogP) is 4.12. The molecule has 0 bridgehead atoms. The van der Waals surface area contributed by atoms with Gasteiger partial charge >= 0.3 is 6.03 Å². The minimum Gasteiger partial charge on any atom is -0.324 e. The first-order chi connectivity index (χ1) is 15.5. The molecule has 0 spiro atoms. The number of imide groups is 1. The van der Waals surface area contributed by atoms with Crippen LogP contribution in [0.2, 0.25) is 0 Å². The molecule has 0 radical (unpaired) electrons. The van der Waals surface area contributed by atoms with E-state index < -0.39 is 17.5 Å². The van der Waals surface area contributed by atoms with Gasteiger partial charge in [-0.15, -0.1) is 0 Å². The van der Waals surface area contributed by atoms with Crippen molar-refractivity contribution < 1.29 is 14.4 Å². The molecule has 1 atom stereocenters. The highest BCUT2D eigenvalue weighted by atomic mass is 16.2. The summed E-state index contributed by atoms with van der Waals surface area (Å²) in [5.74, 6) is -0.807. The number of benzene rings is 3. The fourth-order valence-corrected chi connectivity index (χ4v) is 4.77. The van der Waals surface area contributed by atoms with Crippen LogP contribution < -0.4 is 10.6 Å². The predicted molar refractivity (Wildman–Crippen MR) is 123 cm³/mol. The van der Waals surface area contributed by atoms with Gasteiger partial charge in [-0.05, 0) is 72.2 Å². The summed E-state index contributed by atoms with van der Waals surface area (Å²) in [5, 5.41) is 7.74. The molecular weight excluding hydrogens is 402 g/mol. The normalized spacial score (nSPS) is 20.2. The fraction of sp³-hybridized carbons (Fsp3) is 0.269. The zero-order chi connectivity index (χ0) is 22.3. The highest BCUT2D eigenvalue weighted by Crippen LogP contribution is 2.31. The van der Waals surface area contributed by atoms with Crippen LogP contribution in [0, 0.1) is 0 Å². The van der Waals surface area contributed by atoms with E-state index in [1.165, 1.54) is 5.56 Å². The number of fused-ring (bicyclic) bond motifs is 2. The minimum absolute atomic E-state index is 0.322. The van der Waals surface area contributed by atoms with E-state index in [4.69, 9.17) is 0 Å². The lowest BCUT2D eigenvalue weighted by Gasteiger charge is -2.23. The maximum absolute atomic E-state index is 13.3. The standard InChI is InChI=1S/C26H25N3O3/c1-26(20-14-13-17-7-2-3-9-19(17)15-20)24(31)29(25(32)28-26)16-23(30)27-22-12-6-10-18-8-4-5-11-21(18)22/h2-3,6-7,9-10,12-15H,4-5,8,11,16H2,1H3,(H,27,30)(H,28,32)/t26-/m0/s1. The smallest absolute Gasteiger partial charge is 0.324 e. The molecule has 2 N–H and O–H groups in total. The van der Waals surface area contributed by atoms with Gasteiger partial charge in [0, 0.05) is 5.69 Å². The summed E-state index contributed by atoms with van der Waals surface area (Å²) in [4.78, 5) is 39.7. The SMILES string of the molecule is C[C@@]1(c2ccc3ccccc3c2)NC(=O)N(CC(=O)Nc2cccc3c2CCCC3)C1=O. The Balaban J connectivity index is 1.35. The van der Waals surface area contributed by atoms with E-state index in [-0.39, 0.29) is 12.5 Å². The number of nitrogens with zero attached hydrogens (tertiary/aromatic N) is 1. The molecule has 1 aliphatic carbocycles. The topological polar surface area (TPSA) is 78.5 Å². The number of aryl methyl sites for hydroxylation is 1. The van der Waals surface area contributed by atoms with Gasteiger partial charge in [0.2, 0.25) is 5.91 Å². The molecule has 0 saturated carbocycles. The van der Waals surface area contributed by atoms with Crippen LogP contribution in [-0.4, -0.2) is 29.3 Å². The van der Waals surface area contributed by atoms with E-state index in [0.717, 1.165) is 52.6 Å². The first-order valence-corrected chi connectivity index (χ1v) is 11.0. The van der Waals surface area contributed by atoms with Gasteiger partial charge in [-0.25, -0.2) is 4.79 Å². The maximum Gasteiger partial charge on any atom is 0.325 e. The highest BCUT2D eigenvalue weighted by molar-refractivity contribution is 6.10. The minimum atomic E-state index is -1.21. The van der Waals surface area contributed by atoms with Crippen LogP contribution in [-0.2, 0) is 28.0 Å². The average Bonchev–Trinajstić information content (AvgIpc) is 3.03. The number of nitrogens with one attached hydrogen (secondary N) is 2. The van der Waals surface area contributed by atoms with Crippen molar-refractivity contribution in [3.05, 3.63) is 77.4 Å². The van der Waals surface area contributed by atoms with Crippen molar-refractivity contribution in [1.29, 1.82) is 0 Å². The number of anilines is 1. The molecule has 1 saturated heterocycles. The van der Waals surface area contributed by atoms with Crippen molar-refractivity contribution in [3.63, 3.8) is 0 Å². The Labute approximate surface area is 186 Å². The Kier molecular flexibility index (Phi) is 4.93. The lowest BCUT2D eigenvalue weighted by Crippen LogP contribution is -2.42. The number of carbonyl (C=O) groups is 3. The molecule has 0 aromatic heterocycles. The molecule has 6 heteroatoms. The molecule has 162 valence electrons. The molecule has 5 rings (SSSR count). The largest absolute Gasteiger partial charge is 0.325 e. The van der Waals surface area contributed by atoms with Crippen LogP contribution >= 0.6 is 0 Å². The Hall–Kier alpha value is -3.67. The van der Waals surface area contributed by atoms with Gasteiger partial charge in [0.05, 0.1) is 0 Å². The molecule has 6 nitrogen and oxygen atoms in total. The van der Waals surface area contributed by atoms with E-state index in [0.29, 0.717) is 5.56 Å². The van der Waals surface area contributed by atoms with Gasteiger partial charge in [0.15, 0.2) is 0 Å². The van der Waals surface area contributed by atoms with Crippen molar-refractivity contribution in [2.24, 2.45) is 0 Å². The van der Waals surface area contributed by atoms with E-state index in [1.807, 2.05) is 54.6 Å². The average molecular weight is 428 g/mol. The number of hydrogen-bond acceptors (Lipinski definition) is 3. The monoisotopic (exact) mass is 427 g/mol. The molecule has 4 amide bonds. The number of amides is 4. The fourth-order valence-electron chi connectivity index (χ4n) is 4.77. The Morgan fingerprint density at radius 1 is 1.00 bits per heavy atom. The summed E-state index contributed by atoms with van der Waals surface area (Å²) >= 11 is 0. The molecular formula is C26H25N3O3. The van der Waals surface area contributed by atoms with E-state index in [2.05, 4.69) is 16.7 Å². The second kappa shape index (κ2) is 7.79. The van der Waals surface area contributed by atoms with E-state index in [9.17, 15) is 14.4 Å². The van der Waals surface area contributed by atoms with Crippen LogP contribution in [0.5, 0.6) is 0 Å². The van der Waals surface area contributed by atoms with E-state index in [1.54, 1.807) is 6.92 Å². The van der Waals surface area contributed by atoms with Crippen LogP contribution in [0.4, 0.5) is 10.5 Å². The maximum atomic E-state index is 13.3. The van der Waals surface area contributed by atoms with Crippen LogP contribution in [0.3, 0.4) is 0 Å². The second-order valence-electron chi connectivity index (χ2n) is 8.71. The van der Waals surface area contributed by atoms with Gasteiger partial charge in [-0.2, -0.15) is 0 Å². The molecule has 3 aromatic rings. The van der Waals surface area contributed by atoms with Gasteiger partial charge in [-0.1, -0.05) is 48.5 Å². The van der Waals surface area contributed by atoms with Crippen molar-refractivity contribution in [2.45, 2.75) is 38.1 Å². The van der Waals surface area contributed by atoms with Gasteiger partial charge < -0.3 is 10.6 Å². The number of hydrogen-bond donors (Lipinski definition) is 2. The molecule has 32 heavy (non-hydrogen) atoms. The quantitative estimate of drug-likeness (QED) is 0.615. The molecule has 1 fully saturated rings. The second-order valence-corrected chi connectivity index (χ2v) is 8.71. The first-order valence-electron chi connectivity index (χ1n) is 11.0. The Morgan fingerprint density at radius 2 is 1.78 bits per heavy atom. The summed E-state index contributed by atoms with van der Waals surface area (Å²) in [6.07, 6.45) is 4.18. The third-order valence-corrected chi connectivity index (χ3v) is 6.57. The molecule has 3 aromatic carbocycles. The summed E-state index contributed by atoms with van der Waals surface area (Å²) in [6.45, 7) is 1.36. The molecule has 0 unspecified atom stereocenters. The highest BCUT2D eigenvalue weighted by Gasteiger charge is 2.49. The molecule has 1 aliphatic heterocycles. The summed E-state index contributed by atoms with van der Waals surface area (Å²) < 4.78 is 0. The van der Waals surface area contributed by atoms with E-state index >= 15 is 0 Å². The molecule has 2 aliphatic rings. The summed E-state index contributed by atoms with van der Waals surface area (Å²) in [5.41, 5.74) is 2.66. The molecule has 1 heterocycles. The Morgan fingerprint density at radius 3 is 2.62 bits per heavy atom. The Bertz CT molecular complexity index is 1250. The number of rotatable bonds is 4.